The van der Waals surface area contributed by atoms with Crippen molar-refractivity contribution < 1.29 is 18.7 Å². The van der Waals surface area contributed by atoms with Gasteiger partial charge in [-0.2, -0.15) is 0 Å². The van der Waals surface area contributed by atoms with Crippen molar-refractivity contribution in [2.45, 2.75) is 6.17 Å². The summed E-state index contributed by atoms with van der Waals surface area (Å²) in [5.41, 5.74) is 0.570. The third-order valence-electron chi connectivity index (χ3n) is 1.97. The molecule has 15 heavy (non-hydrogen) atoms. The summed E-state index contributed by atoms with van der Waals surface area (Å²) >= 11 is 0. The van der Waals surface area contributed by atoms with Gasteiger partial charge in [0, 0.05) is 12.7 Å². The van der Waals surface area contributed by atoms with Crippen molar-refractivity contribution >= 4 is 11.7 Å². The molecule has 0 aromatic heterocycles. The molecule has 0 radical (unpaired) electrons. The van der Waals surface area contributed by atoms with E-state index in [1.54, 1.807) is 7.05 Å². The van der Waals surface area contributed by atoms with Crippen LogP contribution >= 0.6 is 0 Å². The van der Waals surface area contributed by atoms with E-state index in [1.165, 1.54) is 29.2 Å². The molecule has 1 atom stereocenters. The predicted molar refractivity (Wildman–Crippen MR) is 52.2 cm³/mol. The molecule has 5 heteroatoms. The Kier molecular flexibility index (Phi) is 3.60. The molecule has 1 rings (SSSR count). The molecule has 0 heterocycles. The second kappa shape index (κ2) is 4.72. The van der Waals surface area contributed by atoms with Gasteiger partial charge >= 0.3 is 5.97 Å². The highest BCUT2D eigenvalue weighted by molar-refractivity contribution is 5.73. The monoisotopic (exact) mass is 215 g/mol. The van der Waals surface area contributed by atoms with Gasteiger partial charge in [-0.25, -0.2) is 13.6 Å². The molecule has 0 bridgehead atoms. The fraction of sp³-hybridized carbons (Fsp3) is 0.300. The smallest absolute Gasteiger partial charge is 0.340 e. The molecule has 1 aromatic carbocycles. The van der Waals surface area contributed by atoms with Crippen LogP contribution in [0.25, 0.3) is 0 Å². The summed E-state index contributed by atoms with van der Waals surface area (Å²) < 4.78 is 25.4. The van der Waals surface area contributed by atoms with E-state index in [0.29, 0.717) is 5.69 Å². The summed E-state index contributed by atoms with van der Waals surface area (Å²) in [6.45, 7) is -0.263. The maximum atomic E-state index is 12.8. The summed E-state index contributed by atoms with van der Waals surface area (Å²) in [5.74, 6) is -1.88. The van der Waals surface area contributed by atoms with E-state index in [9.17, 15) is 13.6 Å². The van der Waals surface area contributed by atoms with Crippen LogP contribution in [0.5, 0.6) is 0 Å². The number of halogens is 2. The van der Waals surface area contributed by atoms with Gasteiger partial charge in [-0.3, -0.25) is 0 Å². The number of hydrogen-bond acceptors (Lipinski definition) is 2. The predicted octanol–water partition coefficient (Wildman–Crippen LogP) is 1.68. The fourth-order valence-electron chi connectivity index (χ4n) is 1.12. The Bertz CT molecular complexity index is 340. The average Bonchev–Trinajstić information content (AvgIpc) is 2.18. The number of nitrogens with zero attached hydrogens (tertiary/aromatic N) is 1. The molecule has 0 aliphatic carbocycles. The highest BCUT2D eigenvalue weighted by Crippen LogP contribution is 2.13. The quantitative estimate of drug-likeness (QED) is 0.830. The van der Waals surface area contributed by atoms with E-state index < -0.39 is 12.1 Å². The normalized spacial score (nSPS) is 12.2. The van der Waals surface area contributed by atoms with Gasteiger partial charge in [0.15, 0.2) is 0 Å². The van der Waals surface area contributed by atoms with Crippen LogP contribution in [-0.2, 0) is 4.79 Å². The van der Waals surface area contributed by atoms with Crippen molar-refractivity contribution in [3.63, 3.8) is 0 Å². The van der Waals surface area contributed by atoms with Gasteiger partial charge in [0.1, 0.15) is 5.82 Å². The zero-order valence-corrected chi connectivity index (χ0v) is 8.15. The maximum Gasteiger partial charge on any atom is 0.340 e. The van der Waals surface area contributed by atoms with Gasteiger partial charge in [-0.05, 0) is 24.3 Å². The van der Waals surface area contributed by atoms with Gasteiger partial charge in [0.05, 0.1) is 6.54 Å². The number of anilines is 1. The average molecular weight is 215 g/mol. The first-order valence-corrected chi connectivity index (χ1v) is 4.34. The molecule has 0 saturated carbocycles. The Labute approximate surface area is 85.9 Å². The van der Waals surface area contributed by atoms with Gasteiger partial charge in [0.25, 0.3) is 0 Å². The molecule has 82 valence electrons. The lowest BCUT2D eigenvalue weighted by Gasteiger charge is -2.19. The Hall–Kier alpha value is -1.65. The van der Waals surface area contributed by atoms with E-state index >= 15 is 0 Å². The lowest BCUT2D eigenvalue weighted by atomic mass is 10.2. The van der Waals surface area contributed by atoms with Crippen molar-refractivity contribution in [2.24, 2.45) is 0 Å². The van der Waals surface area contributed by atoms with E-state index in [4.69, 9.17) is 5.11 Å². The lowest BCUT2D eigenvalue weighted by Crippen LogP contribution is -2.31. The second-order valence-electron chi connectivity index (χ2n) is 3.16. The second-order valence-corrected chi connectivity index (χ2v) is 3.16. The standard InChI is InChI=1S/C10H11F2NO2/c1-13(6-9(12)10(14)15)8-4-2-7(11)3-5-8/h2-5,9H,6H2,1H3,(H,14,15). The molecule has 0 aliphatic heterocycles. The summed E-state index contributed by atoms with van der Waals surface area (Å²) in [7, 11) is 1.54. The number of aliphatic carboxylic acids is 1. The number of carboxylic acids is 1. The number of carboxylic acid groups (broad SMARTS) is 1. The van der Waals surface area contributed by atoms with Crippen molar-refractivity contribution in [3.05, 3.63) is 30.1 Å². The van der Waals surface area contributed by atoms with Crippen LogP contribution in [0.3, 0.4) is 0 Å². The van der Waals surface area contributed by atoms with Crippen molar-refractivity contribution in [1.29, 1.82) is 0 Å². The van der Waals surface area contributed by atoms with Crippen molar-refractivity contribution in [1.82, 2.24) is 0 Å². The molecule has 0 aliphatic rings. The van der Waals surface area contributed by atoms with Crippen molar-refractivity contribution in [3.8, 4) is 0 Å². The molecular formula is C10H11F2NO2. The third kappa shape index (κ3) is 3.19. The highest BCUT2D eigenvalue weighted by atomic mass is 19.1. The molecule has 1 aromatic rings. The van der Waals surface area contributed by atoms with Gasteiger partial charge in [0.2, 0.25) is 6.17 Å². The summed E-state index contributed by atoms with van der Waals surface area (Å²) in [4.78, 5) is 11.7. The SMILES string of the molecule is CN(CC(F)C(=O)O)c1ccc(F)cc1. The number of carbonyl (C=O) groups is 1. The summed E-state index contributed by atoms with van der Waals surface area (Å²) in [6, 6.07) is 5.40. The minimum Gasteiger partial charge on any atom is -0.479 e. The fourth-order valence-corrected chi connectivity index (χ4v) is 1.12. The van der Waals surface area contributed by atoms with E-state index in [2.05, 4.69) is 0 Å². The molecule has 0 saturated heterocycles. The van der Waals surface area contributed by atoms with Gasteiger partial charge in [-0.15, -0.1) is 0 Å². The van der Waals surface area contributed by atoms with Gasteiger partial charge in [-0.1, -0.05) is 0 Å². The van der Waals surface area contributed by atoms with Crippen LogP contribution in [0.1, 0.15) is 0 Å². The zero-order chi connectivity index (χ0) is 11.4. The third-order valence-corrected chi connectivity index (χ3v) is 1.97. The van der Waals surface area contributed by atoms with Crippen LogP contribution in [0, 0.1) is 5.82 Å². The van der Waals surface area contributed by atoms with Crippen LogP contribution in [0.15, 0.2) is 24.3 Å². The first-order valence-electron chi connectivity index (χ1n) is 4.34. The zero-order valence-electron chi connectivity index (χ0n) is 8.15. The minimum absolute atomic E-state index is 0.263. The van der Waals surface area contributed by atoms with Gasteiger partial charge < -0.3 is 10.0 Å². The number of benzene rings is 1. The Morgan fingerprint density at radius 2 is 2.00 bits per heavy atom. The Morgan fingerprint density at radius 1 is 1.47 bits per heavy atom. The molecule has 3 nitrogen and oxygen atoms in total. The van der Waals surface area contributed by atoms with E-state index in [0.717, 1.165) is 0 Å². The largest absolute Gasteiger partial charge is 0.479 e. The van der Waals surface area contributed by atoms with Crippen LogP contribution < -0.4 is 4.90 Å². The maximum absolute atomic E-state index is 12.8. The number of alkyl halides is 1. The van der Waals surface area contributed by atoms with Crippen LogP contribution in [-0.4, -0.2) is 30.8 Å². The minimum atomic E-state index is -1.94. The molecular weight excluding hydrogens is 204 g/mol. The Balaban J connectivity index is 2.64. The molecule has 0 fully saturated rings. The number of hydrogen-bond donors (Lipinski definition) is 1. The number of rotatable bonds is 4. The highest BCUT2D eigenvalue weighted by Gasteiger charge is 2.17. The van der Waals surface area contributed by atoms with E-state index in [-0.39, 0.29) is 12.4 Å². The molecule has 0 amide bonds. The molecule has 1 unspecified atom stereocenters. The lowest BCUT2D eigenvalue weighted by molar-refractivity contribution is -0.142. The summed E-state index contributed by atoms with van der Waals surface area (Å²) in [5, 5.41) is 8.36. The topological polar surface area (TPSA) is 40.5 Å². The van der Waals surface area contributed by atoms with E-state index in [1.807, 2.05) is 0 Å². The molecule has 0 spiro atoms. The van der Waals surface area contributed by atoms with Crippen LogP contribution in [0.4, 0.5) is 14.5 Å². The first kappa shape index (κ1) is 11.4. The van der Waals surface area contributed by atoms with Crippen molar-refractivity contribution in [2.75, 3.05) is 18.5 Å². The first-order chi connectivity index (χ1) is 7.00. The molecule has 1 N–H and O–H groups in total. The summed E-state index contributed by atoms with van der Waals surface area (Å²) in [6.07, 6.45) is -1.94. The van der Waals surface area contributed by atoms with Crippen LogP contribution in [0.2, 0.25) is 0 Å². The Morgan fingerprint density at radius 3 is 2.47 bits per heavy atom.